The fraction of sp³-hybridized carbons (Fsp3) is 1.00. The average molecular weight is 201 g/mol. The third-order valence-electron chi connectivity index (χ3n) is 2.99. The molecule has 2 atom stereocenters. The van der Waals surface area contributed by atoms with E-state index in [-0.39, 0.29) is 0 Å². The summed E-state index contributed by atoms with van der Waals surface area (Å²) >= 11 is 4.33. The van der Waals surface area contributed by atoms with E-state index in [1.807, 2.05) is 0 Å². The van der Waals surface area contributed by atoms with Crippen LogP contribution in [-0.2, 0) is 0 Å². The van der Waals surface area contributed by atoms with Crippen LogP contribution in [0.5, 0.6) is 0 Å². The second-order valence-corrected chi connectivity index (χ2v) is 4.99. The Morgan fingerprint density at radius 3 is 2.85 bits per heavy atom. The standard InChI is InChI=1S/C11H23NS/c1-10-4-3-6-12(7-5-10)8-11(2)9-13/h10-11,13H,3-9H2,1-2H3. The smallest absolute Gasteiger partial charge is 0.00148 e. The van der Waals surface area contributed by atoms with Gasteiger partial charge >= 0.3 is 0 Å². The average Bonchev–Trinajstić information content (AvgIpc) is 2.31. The summed E-state index contributed by atoms with van der Waals surface area (Å²) in [5.74, 6) is 2.71. The van der Waals surface area contributed by atoms with Crippen molar-refractivity contribution in [3.05, 3.63) is 0 Å². The van der Waals surface area contributed by atoms with Crippen LogP contribution >= 0.6 is 12.6 Å². The molecule has 1 fully saturated rings. The van der Waals surface area contributed by atoms with Crippen molar-refractivity contribution >= 4 is 12.6 Å². The first-order valence-corrected chi connectivity index (χ1v) is 6.19. The van der Waals surface area contributed by atoms with Gasteiger partial charge in [-0.1, -0.05) is 13.8 Å². The van der Waals surface area contributed by atoms with Crippen LogP contribution in [0.1, 0.15) is 33.1 Å². The van der Waals surface area contributed by atoms with Crippen molar-refractivity contribution in [2.24, 2.45) is 11.8 Å². The molecule has 1 saturated heterocycles. The first kappa shape index (κ1) is 11.4. The predicted molar refractivity (Wildman–Crippen MR) is 62.5 cm³/mol. The number of rotatable bonds is 3. The molecule has 0 aromatic rings. The highest BCUT2D eigenvalue weighted by molar-refractivity contribution is 7.80. The lowest BCUT2D eigenvalue weighted by Crippen LogP contribution is -2.30. The van der Waals surface area contributed by atoms with E-state index in [4.69, 9.17) is 0 Å². The van der Waals surface area contributed by atoms with Gasteiger partial charge in [-0.25, -0.2) is 0 Å². The van der Waals surface area contributed by atoms with Gasteiger partial charge in [0.1, 0.15) is 0 Å². The molecule has 78 valence electrons. The Balaban J connectivity index is 2.25. The molecule has 1 rings (SSSR count). The molecule has 0 amide bonds. The summed E-state index contributed by atoms with van der Waals surface area (Å²) in [6.07, 6.45) is 4.20. The van der Waals surface area contributed by atoms with Gasteiger partial charge in [0, 0.05) is 6.54 Å². The van der Waals surface area contributed by atoms with Gasteiger partial charge in [0.25, 0.3) is 0 Å². The van der Waals surface area contributed by atoms with E-state index in [1.54, 1.807) is 0 Å². The van der Waals surface area contributed by atoms with Crippen LogP contribution in [0, 0.1) is 11.8 Å². The van der Waals surface area contributed by atoms with Gasteiger partial charge in [-0.05, 0) is 49.9 Å². The quantitative estimate of drug-likeness (QED) is 0.687. The third kappa shape index (κ3) is 4.37. The molecule has 1 aliphatic heterocycles. The molecular formula is C11H23NS. The van der Waals surface area contributed by atoms with E-state index >= 15 is 0 Å². The number of nitrogens with zero attached hydrogens (tertiary/aromatic N) is 1. The van der Waals surface area contributed by atoms with Crippen molar-refractivity contribution < 1.29 is 0 Å². The highest BCUT2D eigenvalue weighted by Gasteiger charge is 2.14. The van der Waals surface area contributed by atoms with Crippen molar-refractivity contribution in [2.75, 3.05) is 25.4 Å². The van der Waals surface area contributed by atoms with Crippen molar-refractivity contribution in [3.63, 3.8) is 0 Å². The maximum absolute atomic E-state index is 4.33. The molecule has 2 unspecified atom stereocenters. The van der Waals surface area contributed by atoms with Gasteiger partial charge in [0.05, 0.1) is 0 Å². The van der Waals surface area contributed by atoms with Gasteiger partial charge in [0.2, 0.25) is 0 Å². The van der Waals surface area contributed by atoms with Crippen LogP contribution in [0.15, 0.2) is 0 Å². The molecule has 0 bridgehead atoms. The normalized spacial score (nSPS) is 28.4. The van der Waals surface area contributed by atoms with E-state index in [0.717, 1.165) is 17.6 Å². The molecule has 13 heavy (non-hydrogen) atoms. The summed E-state index contributed by atoms with van der Waals surface area (Å²) in [5, 5.41) is 0. The molecule has 0 aromatic carbocycles. The van der Waals surface area contributed by atoms with E-state index in [0.29, 0.717) is 0 Å². The summed E-state index contributed by atoms with van der Waals surface area (Å²) in [5.41, 5.74) is 0. The van der Waals surface area contributed by atoms with Crippen LogP contribution in [0.25, 0.3) is 0 Å². The van der Waals surface area contributed by atoms with Gasteiger partial charge < -0.3 is 4.90 Å². The molecule has 1 nitrogen and oxygen atoms in total. The molecule has 0 N–H and O–H groups in total. The predicted octanol–water partition coefficient (Wildman–Crippen LogP) is 2.67. The Morgan fingerprint density at radius 2 is 2.15 bits per heavy atom. The van der Waals surface area contributed by atoms with E-state index in [1.165, 1.54) is 38.9 Å². The monoisotopic (exact) mass is 201 g/mol. The van der Waals surface area contributed by atoms with E-state index in [9.17, 15) is 0 Å². The fourth-order valence-corrected chi connectivity index (χ4v) is 2.12. The second kappa shape index (κ2) is 5.92. The largest absolute Gasteiger partial charge is 0.303 e. The minimum absolute atomic E-state index is 0.747. The number of likely N-dealkylation sites (tertiary alicyclic amines) is 1. The lowest BCUT2D eigenvalue weighted by molar-refractivity contribution is 0.253. The highest BCUT2D eigenvalue weighted by Crippen LogP contribution is 2.17. The highest BCUT2D eigenvalue weighted by atomic mass is 32.1. The molecule has 2 heteroatoms. The van der Waals surface area contributed by atoms with Crippen LogP contribution in [0.4, 0.5) is 0 Å². The SMILES string of the molecule is CC1CCCN(CC(C)CS)CC1. The molecule has 0 saturated carbocycles. The Kier molecular flexibility index (Phi) is 5.18. The van der Waals surface area contributed by atoms with Gasteiger partial charge in [-0.3, -0.25) is 0 Å². The molecule has 0 radical (unpaired) electrons. The Bertz CT molecular complexity index is 138. The van der Waals surface area contributed by atoms with E-state index in [2.05, 4.69) is 31.4 Å². The first-order valence-electron chi connectivity index (χ1n) is 5.55. The summed E-state index contributed by atoms with van der Waals surface area (Å²) in [7, 11) is 0. The van der Waals surface area contributed by atoms with Gasteiger partial charge in [-0.15, -0.1) is 0 Å². The molecule has 0 spiro atoms. The second-order valence-electron chi connectivity index (χ2n) is 4.62. The first-order chi connectivity index (χ1) is 6.22. The summed E-state index contributed by atoms with van der Waals surface area (Å²) < 4.78 is 0. The lowest BCUT2D eigenvalue weighted by Gasteiger charge is -2.22. The molecule has 1 aliphatic rings. The molecule has 0 aliphatic carbocycles. The van der Waals surface area contributed by atoms with Crippen molar-refractivity contribution in [3.8, 4) is 0 Å². The summed E-state index contributed by atoms with van der Waals surface area (Å²) in [6.45, 7) is 8.53. The number of hydrogen-bond donors (Lipinski definition) is 1. The minimum atomic E-state index is 0.747. The maximum atomic E-state index is 4.33. The van der Waals surface area contributed by atoms with Crippen molar-refractivity contribution in [2.45, 2.75) is 33.1 Å². The molecular weight excluding hydrogens is 178 g/mol. The Morgan fingerprint density at radius 1 is 1.38 bits per heavy atom. The Hall–Kier alpha value is 0.310. The zero-order chi connectivity index (χ0) is 9.68. The number of thiol groups is 1. The van der Waals surface area contributed by atoms with Gasteiger partial charge in [-0.2, -0.15) is 12.6 Å². The molecule has 1 heterocycles. The van der Waals surface area contributed by atoms with E-state index < -0.39 is 0 Å². The maximum Gasteiger partial charge on any atom is 0.00148 e. The molecule has 0 aromatic heterocycles. The van der Waals surface area contributed by atoms with Crippen molar-refractivity contribution in [1.29, 1.82) is 0 Å². The number of hydrogen-bond acceptors (Lipinski definition) is 2. The van der Waals surface area contributed by atoms with Crippen molar-refractivity contribution in [1.82, 2.24) is 4.90 Å². The van der Waals surface area contributed by atoms with Crippen LogP contribution in [0.3, 0.4) is 0 Å². The summed E-state index contributed by atoms with van der Waals surface area (Å²) in [4.78, 5) is 2.62. The lowest BCUT2D eigenvalue weighted by atomic mass is 10.0. The van der Waals surface area contributed by atoms with Crippen LogP contribution in [-0.4, -0.2) is 30.3 Å². The fourth-order valence-electron chi connectivity index (χ4n) is 2.00. The Labute approximate surface area is 88.3 Å². The van der Waals surface area contributed by atoms with Gasteiger partial charge in [0.15, 0.2) is 0 Å². The van der Waals surface area contributed by atoms with Crippen LogP contribution < -0.4 is 0 Å². The third-order valence-corrected chi connectivity index (χ3v) is 3.61. The zero-order valence-electron chi connectivity index (χ0n) is 9.00. The minimum Gasteiger partial charge on any atom is -0.303 e. The topological polar surface area (TPSA) is 3.24 Å². The summed E-state index contributed by atoms with van der Waals surface area (Å²) in [6, 6.07) is 0. The zero-order valence-corrected chi connectivity index (χ0v) is 9.89. The van der Waals surface area contributed by atoms with Crippen LogP contribution in [0.2, 0.25) is 0 Å².